The topological polar surface area (TPSA) is 54.4 Å². The van der Waals surface area contributed by atoms with Crippen molar-refractivity contribution in [1.82, 2.24) is 0 Å². The Morgan fingerprint density at radius 2 is 1.05 bits per heavy atom. The first-order valence-electron chi connectivity index (χ1n) is 8.40. The zero-order valence-corrected chi connectivity index (χ0v) is 13.2. The van der Waals surface area contributed by atoms with Crippen LogP contribution in [0.4, 0.5) is 0 Å². The molecule has 0 radical (unpaired) electrons. The summed E-state index contributed by atoms with van der Waals surface area (Å²) >= 11 is 0. The van der Waals surface area contributed by atoms with Gasteiger partial charge in [-0.1, -0.05) is 58.3 Å². The number of hydrogen-bond donors (Lipinski definition) is 1. The van der Waals surface area contributed by atoms with E-state index >= 15 is 0 Å². The van der Waals surface area contributed by atoms with E-state index in [4.69, 9.17) is 5.11 Å². The molecule has 0 saturated carbocycles. The molecule has 0 saturated heterocycles. The SMILES string of the molecule is CCCCCCC(=O)CCCCCCCCCC(=O)O. The summed E-state index contributed by atoms with van der Waals surface area (Å²) in [5.41, 5.74) is 0. The lowest BCUT2D eigenvalue weighted by Crippen LogP contribution is -1.97. The van der Waals surface area contributed by atoms with Crippen molar-refractivity contribution in [2.24, 2.45) is 0 Å². The van der Waals surface area contributed by atoms with E-state index in [1.807, 2.05) is 0 Å². The van der Waals surface area contributed by atoms with Crippen molar-refractivity contribution in [2.75, 3.05) is 0 Å². The highest BCUT2D eigenvalue weighted by Crippen LogP contribution is 2.11. The fraction of sp³-hybridized carbons (Fsp3) is 0.882. The zero-order chi connectivity index (χ0) is 15.1. The van der Waals surface area contributed by atoms with Crippen LogP contribution in [-0.2, 0) is 9.59 Å². The molecule has 0 heterocycles. The first-order valence-corrected chi connectivity index (χ1v) is 8.40. The Bertz CT molecular complexity index is 249. The first-order chi connectivity index (χ1) is 9.66. The van der Waals surface area contributed by atoms with E-state index in [1.165, 1.54) is 32.1 Å². The van der Waals surface area contributed by atoms with Crippen molar-refractivity contribution in [3.8, 4) is 0 Å². The molecule has 0 unspecified atom stereocenters. The summed E-state index contributed by atoms with van der Waals surface area (Å²) in [6.45, 7) is 2.18. The normalized spacial score (nSPS) is 10.7. The fourth-order valence-corrected chi connectivity index (χ4v) is 2.36. The Morgan fingerprint density at radius 3 is 1.50 bits per heavy atom. The van der Waals surface area contributed by atoms with Gasteiger partial charge in [-0.05, 0) is 19.3 Å². The number of carbonyl (C=O) groups excluding carboxylic acids is 1. The molecular formula is C17H32O3. The summed E-state index contributed by atoms with van der Waals surface area (Å²) in [6.07, 6.45) is 14.0. The number of carbonyl (C=O) groups is 2. The smallest absolute Gasteiger partial charge is 0.303 e. The van der Waals surface area contributed by atoms with Crippen LogP contribution in [0.3, 0.4) is 0 Å². The van der Waals surface area contributed by atoms with Gasteiger partial charge in [-0.3, -0.25) is 9.59 Å². The second kappa shape index (κ2) is 14.5. The van der Waals surface area contributed by atoms with Crippen LogP contribution in [-0.4, -0.2) is 16.9 Å². The number of hydrogen-bond acceptors (Lipinski definition) is 2. The molecule has 0 atom stereocenters. The van der Waals surface area contributed by atoms with Gasteiger partial charge in [0.2, 0.25) is 0 Å². The molecule has 0 aliphatic heterocycles. The molecule has 0 aliphatic rings. The predicted octanol–water partition coefficient (Wildman–Crippen LogP) is 5.12. The average molecular weight is 284 g/mol. The number of ketones is 1. The Kier molecular flexibility index (Phi) is 13.9. The third kappa shape index (κ3) is 15.2. The van der Waals surface area contributed by atoms with Gasteiger partial charge < -0.3 is 5.11 Å². The van der Waals surface area contributed by atoms with E-state index in [2.05, 4.69) is 6.92 Å². The van der Waals surface area contributed by atoms with Gasteiger partial charge >= 0.3 is 5.97 Å². The minimum atomic E-state index is -0.692. The molecule has 118 valence electrons. The maximum Gasteiger partial charge on any atom is 0.303 e. The van der Waals surface area contributed by atoms with Gasteiger partial charge in [0.05, 0.1) is 0 Å². The van der Waals surface area contributed by atoms with Gasteiger partial charge in [-0.25, -0.2) is 0 Å². The summed E-state index contributed by atoms with van der Waals surface area (Å²) in [5.74, 6) is -0.259. The summed E-state index contributed by atoms with van der Waals surface area (Å²) < 4.78 is 0. The van der Waals surface area contributed by atoms with Crippen molar-refractivity contribution < 1.29 is 14.7 Å². The molecule has 3 nitrogen and oxygen atoms in total. The summed E-state index contributed by atoms with van der Waals surface area (Å²) in [5, 5.41) is 8.50. The lowest BCUT2D eigenvalue weighted by Gasteiger charge is -2.02. The lowest BCUT2D eigenvalue weighted by molar-refractivity contribution is -0.137. The monoisotopic (exact) mass is 284 g/mol. The van der Waals surface area contributed by atoms with E-state index in [1.54, 1.807) is 0 Å². The third-order valence-corrected chi connectivity index (χ3v) is 3.66. The van der Waals surface area contributed by atoms with Crippen molar-refractivity contribution in [3.63, 3.8) is 0 Å². The van der Waals surface area contributed by atoms with Crippen molar-refractivity contribution in [1.29, 1.82) is 0 Å². The van der Waals surface area contributed by atoms with E-state index in [-0.39, 0.29) is 0 Å². The van der Waals surface area contributed by atoms with Crippen LogP contribution in [0.1, 0.15) is 96.8 Å². The van der Waals surface area contributed by atoms with Crippen molar-refractivity contribution >= 4 is 11.8 Å². The highest BCUT2D eigenvalue weighted by molar-refractivity contribution is 5.78. The Morgan fingerprint density at radius 1 is 0.650 bits per heavy atom. The van der Waals surface area contributed by atoms with Crippen LogP contribution in [0.15, 0.2) is 0 Å². The van der Waals surface area contributed by atoms with Crippen LogP contribution in [0.5, 0.6) is 0 Å². The fourth-order valence-electron chi connectivity index (χ4n) is 2.36. The molecule has 0 aromatic carbocycles. The molecule has 1 N–H and O–H groups in total. The maximum absolute atomic E-state index is 11.6. The molecule has 0 fully saturated rings. The third-order valence-electron chi connectivity index (χ3n) is 3.66. The zero-order valence-electron chi connectivity index (χ0n) is 13.2. The second-order valence-corrected chi connectivity index (χ2v) is 5.72. The molecule has 0 aromatic heterocycles. The number of carboxylic acid groups (broad SMARTS) is 1. The maximum atomic E-state index is 11.6. The van der Waals surface area contributed by atoms with Gasteiger partial charge in [0.15, 0.2) is 0 Å². The number of unbranched alkanes of at least 4 members (excludes halogenated alkanes) is 9. The molecule has 0 aliphatic carbocycles. The van der Waals surface area contributed by atoms with Crippen LogP contribution < -0.4 is 0 Å². The summed E-state index contributed by atoms with van der Waals surface area (Å²) in [4.78, 5) is 21.9. The van der Waals surface area contributed by atoms with Crippen LogP contribution in [0.25, 0.3) is 0 Å². The highest BCUT2D eigenvalue weighted by Gasteiger charge is 2.01. The van der Waals surface area contributed by atoms with Gasteiger partial charge in [0.25, 0.3) is 0 Å². The van der Waals surface area contributed by atoms with E-state index in [0.717, 1.165) is 51.4 Å². The number of rotatable bonds is 15. The highest BCUT2D eigenvalue weighted by atomic mass is 16.4. The number of Topliss-reactive ketones (excluding diaryl/α,β-unsaturated/α-hetero) is 1. The number of aliphatic carboxylic acids is 1. The Hall–Kier alpha value is -0.860. The lowest BCUT2D eigenvalue weighted by atomic mass is 10.0. The predicted molar refractivity (Wildman–Crippen MR) is 83.0 cm³/mol. The van der Waals surface area contributed by atoms with Gasteiger partial charge in [0.1, 0.15) is 5.78 Å². The summed E-state index contributed by atoms with van der Waals surface area (Å²) in [7, 11) is 0. The van der Waals surface area contributed by atoms with Crippen LogP contribution in [0.2, 0.25) is 0 Å². The molecule has 0 amide bonds. The van der Waals surface area contributed by atoms with Gasteiger partial charge in [0, 0.05) is 19.3 Å². The molecule has 0 aromatic rings. The van der Waals surface area contributed by atoms with Crippen molar-refractivity contribution in [3.05, 3.63) is 0 Å². The van der Waals surface area contributed by atoms with E-state index in [9.17, 15) is 9.59 Å². The van der Waals surface area contributed by atoms with E-state index < -0.39 is 5.97 Å². The standard InChI is InChI=1S/C17H32O3/c1-2-3-4-10-13-16(18)14-11-8-6-5-7-9-12-15-17(19)20/h2-15H2,1H3,(H,19,20). The molecule has 0 rings (SSSR count). The Labute approximate surface area is 124 Å². The molecule has 20 heavy (non-hydrogen) atoms. The molecule has 0 bridgehead atoms. The van der Waals surface area contributed by atoms with E-state index in [0.29, 0.717) is 12.2 Å². The van der Waals surface area contributed by atoms with Crippen LogP contribution in [0, 0.1) is 0 Å². The van der Waals surface area contributed by atoms with Crippen LogP contribution >= 0.6 is 0 Å². The summed E-state index contributed by atoms with van der Waals surface area (Å²) in [6, 6.07) is 0. The Balaban J connectivity index is 3.15. The van der Waals surface area contributed by atoms with Crippen molar-refractivity contribution in [2.45, 2.75) is 96.8 Å². The molecule has 3 heteroatoms. The van der Waals surface area contributed by atoms with Gasteiger partial charge in [-0.15, -0.1) is 0 Å². The average Bonchev–Trinajstić information content (AvgIpc) is 2.41. The largest absolute Gasteiger partial charge is 0.481 e. The minimum Gasteiger partial charge on any atom is -0.481 e. The molecular weight excluding hydrogens is 252 g/mol. The van der Waals surface area contributed by atoms with Gasteiger partial charge in [-0.2, -0.15) is 0 Å². The number of carboxylic acids is 1. The first kappa shape index (κ1) is 19.1. The second-order valence-electron chi connectivity index (χ2n) is 5.72. The minimum absolute atomic E-state index is 0.298. The quantitative estimate of drug-likeness (QED) is 0.424. The molecule has 0 spiro atoms.